The van der Waals surface area contributed by atoms with Gasteiger partial charge in [-0.3, -0.25) is 0 Å². The number of aromatic nitrogens is 2. The van der Waals surface area contributed by atoms with E-state index in [1.807, 2.05) is 0 Å². The highest BCUT2D eigenvalue weighted by Crippen LogP contribution is 2.25. The molecule has 1 saturated heterocycles. The van der Waals surface area contributed by atoms with Crippen LogP contribution >= 0.6 is 28.1 Å². The molecular weight excluding hydrogens is 329 g/mol. The first-order valence-corrected chi connectivity index (χ1v) is 7.51. The lowest BCUT2D eigenvalue weighted by molar-refractivity contribution is 0.379. The quantitative estimate of drug-likeness (QED) is 0.843. The topological polar surface area (TPSA) is 24.0 Å². The SMILES string of the molecule is CN1CCC(Cn2c(=S)[nH]c3cc(F)c(Br)cc32)C1. The molecule has 19 heavy (non-hydrogen) atoms. The van der Waals surface area contributed by atoms with E-state index in [1.54, 1.807) is 6.07 Å². The van der Waals surface area contributed by atoms with Crippen molar-refractivity contribution in [1.82, 2.24) is 14.5 Å². The molecule has 2 heterocycles. The Bertz CT molecular complexity index is 678. The van der Waals surface area contributed by atoms with Gasteiger partial charge in [0.25, 0.3) is 0 Å². The summed E-state index contributed by atoms with van der Waals surface area (Å²) < 4.78 is 16.8. The van der Waals surface area contributed by atoms with Crippen molar-refractivity contribution in [3.63, 3.8) is 0 Å². The minimum absolute atomic E-state index is 0.267. The number of nitrogens with zero attached hydrogens (tertiary/aromatic N) is 2. The van der Waals surface area contributed by atoms with Crippen LogP contribution in [0.25, 0.3) is 11.0 Å². The maximum absolute atomic E-state index is 13.5. The fourth-order valence-electron chi connectivity index (χ4n) is 2.77. The van der Waals surface area contributed by atoms with E-state index in [9.17, 15) is 4.39 Å². The zero-order chi connectivity index (χ0) is 13.6. The molecule has 3 nitrogen and oxygen atoms in total. The normalized spacial score (nSPS) is 20.5. The molecule has 1 aliphatic heterocycles. The molecule has 1 N–H and O–H groups in total. The first kappa shape index (κ1) is 13.3. The third-order valence-corrected chi connectivity index (χ3v) is 4.68. The molecule has 0 radical (unpaired) electrons. The van der Waals surface area contributed by atoms with Crippen molar-refractivity contribution in [2.45, 2.75) is 13.0 Å². The van der Waals surface area contributed by atoms with Crippen LogP contribution in [-0.2, 0) is 6.54 Å². The van der Waals surface area contributed by atoms with Crippen molar-refractivity contribution in [3.8, 4) is 0 Å². The molecule has 3 rings (SSSR count). The molecule has 0 bridgehead atoms. The van der Waals surface area contributed by atoms with Crippen molar-refractivity contribution in [2.24, 2.45) is 5.92 Å². The van der Waals surface area contributed by atoms with Crippen LogP contribution in [0.15, 0.2) is 16.6 Å². The molecule has 0 spiro atoms. The highest BCUT2D eigenvalue weighted by atomic mass is 79.9. The monoisotopic (exact) mass is 343 g/mol. The Kier molecular flexibility index (Phi) is 3.49. The molecular formula is C13H15BrFN3S. The van der Waals surface area contributed by atoms with Crippen LogP contribution < -0.4 is 0 Å². The average molecular weight is 344 g/mol. The maximum Gasteiger partial charge on any atom is 0.178 e. The molecule has 6 heteroatoms. The Hall–Kier alpha value is -0.720. The zero-order valence-electron chi connectivity index (χ0n) is 10.6. The fraction of sp³-hybridized carbons (Fsp3) is 0.462. The third kappa shape index (κ3) is 2.49. The second-order valence-corrected chi connectivity index (χ2v) is 6.48. The first-order valence-electron chi connectivity index (χ1n) is 6.30. The van der Waals surface area contributed by atoms with Gasteiger partial charge in [-0.2, -0.15) is 0 Å². The molecule has 1 aromatic heterocycles. The van der Waals surface area contributed by atoms with Crippen LogP contribution in [0, 0.1) is 16.5 Å². The van der Waals surface area contributed by atoms with Gasteiger partial charge in [-0.05, 0) is 60.1 Å². The van der Waals surface area contributed by atoms with E-state index in [0.29, 0.717) is 15.2 Å². The predicted octanol–water partition coefficient (Wildman–Crippen LogP) is 3.55. The molecule has 0 saturated carbocycles. The number of hydrogen-bond acceptors (Lipinski definition) is 2. The van der Waals surface area contributed by atoms with E-state index >= 15 is 0 Å². The molecule has 1 fully saturated rings. The van der Waals surface area contributed by atoms with Gasteiger partial charge in [0.1, 0.15) is 5.82 Å². The van der Waals surface area contributed by atoms with Crippen molar-refractivity contribution in [1.29, 1.82) is 0 Å². The molecule has 1 aliphatic rings. The van der Waals surface area contributed by atoms with E-state index < -0.39 is 0 Å². The summed E-state index contributed by atoms with van der Waals surface area (Å²) in [6.45, 7) is 3.12. The average Bonchev–Trinajstić information content (AvgIpc) is 2.87. The van der Waals surface area contributed by atoms with Gasteiger partial charge in [0, 0.05) is 19.2 Å². The number of H-pyrrole nitrogens is 1. The summed E-state index contributed by atoms with van der Waals surface area (Å²) in [5.41, 5.74) is 1.73. The van der Waals surface area contributed by atoms with Gasteiger partial charge in [-0.15, -0.1) is 0 Å². The van der Waals surface area contributed by atoms with Gasteiger partial charge in [0.05, 0.1) is 15.5 Å². The van der Waals surface area contributed by atoms with E-state index in [2.05, 4.69) is 37.4 Å². The smallest absolute Gasteiger partial charge is 0.178 e. The lowest BCUT2D eigenvalue weighted by Gasteiger charge is -2.12. The first-order chi connectivity index (χ1) is 9.04. The zero-order valence-corrected chi connectivity index (χ0v) is 13.0. The largest absolute Gasteiger partial charge is 0.330 e. The molecule has 102 valence electrons. The Balaban J connectivity index is 2.01. The van der Waals surface area contributed by atoms with Crippen LogP contribution in [0.5, 0.6) is 0 Å². The number of benzene rings is 1. The molecule has 0 amide bonds. The second kappa shape index (κ2) is 5.00. The van der Waals surface area contributed by atoms with Crippen LogP contribution in [0.3, 0.4) is 0 Å². The van der Waals surface area contributed by atoms with Crippen molar-refractivity contribution >= 4 is 39.2 Å². The number of hydrogen-bond donors (Lipinski definition) is 1. The molecule has 1 atom stereocenters. The minimum atomic E-state index is -0.267. The minimum Gasteiger partial charge on any atom is -0.330 e. The van der Waals surface area contributed by atoms with Crippen LogP contribution in [0.4, 0.5) is 4.39 Å². The maximum atomic E-state index is 13.5. The Morgan fingerprint density at radius 1 is 1.53 bits per heavy atom. The third-order valence-electron chi connectivity index (χ3n) is 3.75. The van der Waals surface area contributed by atoms with E-state index in [-0.39, 0.29) is 5.82 Å². The Morgan fingerprint density at radius 3 is 3.00 bits per heavy atom. The number of aromatic amines is 1. The van der Waals surface area contributed by atoms with Gasteiger partial charge in [0.15, 0.2) is 4.77 Å². The van der Waals surface area contributed by atoms with Crippen LogP contribution in [0.2, 0.25) is 0 Å². The highest BCUT2D eigenvalue weighted by molar-refractivity contribution is 9.10. The number of fused-ring (bicyclic) bond motifs is 1. The predicted molar refractivity (Wildman–Crippen MR) is 80.4 cm³/mol. The van der Waals surface area contributed by atoms with Crippen LogP contribution in [0.1, 0.15) is 6.42 Å². The number of rotatable bonds is 2. The number of imidazole rings is 1. The van der Waals surface area contributed by atoms with Crippen molar-refractivity contribution in [3.05, 3.63) is 27.2 Å². The van der Waals surface area contributed by atoms with E-state index in [4.69, 9.17) is 12.2 Å². The standard InChI is InChI=1S/C13H15BrFN3S/c1-17-3-2-8(6-17)7-18-12-4-9(14)10(15)5-11(12)16-13(18)19/h4-5,8H,2-3,6-7H2,1H3,(H,16,19). The number of halogens is 2. The van der Waals surface area contributed by atoms with E-state index in [0.717, 1.165) is 30.7 Å². The number of nitrogens with one attached hydrogen (secondary N) is 1. The molecule has 1 unspecified atom stereocenters. The molecule has 2 aromatic rings. The lowest BCUT2D eigenvalue weighted by Crippen LogP contribution is -2.17. The van der Waals surface area contributed by atoms with Crippen LogP contribution in [-0.4, -0.2) is 34.6 Å². The van der Waals surface area contributed by atoms with Gasteiger partial charge in [-0.25, -0.2) is 4.39 Å². The van der Waals surface area contributed by atoms with Crippen molar-refractivity contribution in [2.75, 3.05) is 20.1 Å². The summed E-state index contributed by atoms with van der Waals surface area (Å²) in [5, 5.41) is 0. The molecule has 0 aliphatic carbocycles. The van der Waals surface area contributed by atoms with Gasteiger partial charge < -0.3 is 14.5 Å². The van der Waals surface area contributed by atoms with Gasteiger partial charge in [0.2, 0.25) is 0 Å². The number of likely N-dealkylation sites (tertiary alicyclic amines) is 1. The van der Waals surface area contributed by atoms with Gasteiger partial charge in [-0.1, -0.05) is 0 Å². The summed E-state index contributed by atoms with van der Waals surface area (Å²) in [6.07, 6.45) is 1.19. The fourth-order valence-corrected chi connectivity index (χ4v) is 3.38. The lowest BCUT2D eigenvalue weighted by atomic mass is 10.1. The summed E-state index contributed by atoms with van der Waals surface area (Å²) in [7, 11) is 2.14. The Labute approximate surface area is 124 Å². The summed E-state index contributed by atoms with van der Waals surface area (Å²) in [4.78, 5) is 5.42. The van der Waals surface area contributed by atoms with Gasteiger partial charge >= 0.3 is 0 Å². The summed E-state index contributed by atoms with van der Waals surface area (Å²) in [6, 6.07) is 3.29. The summed E-state index contributed by atoms with van der Waals surface area (Å²) >= 11 is 8.60. The van der Waals surface area contributed by atoms with E-state index in [1.165, 1.54) is 12.5 Å². The molecule has 1 aromatic carbocycles. The highest BCUT2D eigenvalue weighted by Gasteiger charge is 2.21. The van der Waals surface area contributed by atoms with Crippen molar-refractivity contribution < 1.29 is 4.39 Å². The Morgan fingerprint density at radius 2 is 2.32 bits per heavy atom. The summed E-state index contributed by atoms with van der Waals surface area (Å²) in [5.74, 6) is 0.344. The second-order valence-electron chi connectivity index (χ2n) is 5.24.